The van der Waals surface area contributed by atoms with Gasteiger partial charge in [-0.15, -0.1) is 0 Å². The zero-order chi connectivity index (χ0) is 19.3. The zero-order valence-electron chi connectivity index (χ0n) is 15.0. The summed E-state index contributed by atoms with van der Waals surface area (Å²) in [5.41, 5.74) is 1.52. The maximum Gasteiger partial charge on any atom is 0.243 e. The summed E-state index contributed by atoms with van der Waals surface area (Å²) in [6.45, 7) is 1.33. The quantitative estimate of drug-likeness (QED) is 0.845. The molecule has 0 aliphatic carbocycles. The molecule has 1 aliphatic heterocycles. The first kappa shape index (κ1) is 19.3. The molecule has 1 saturated heterocycles. The Bertz CT molecular complexity index is 946. The molecule has 1 heterocycles. The van der Waals surface area contributed by atoms with Crippen molar-refractivity contribution in [1.82, 2.24) is 4.31 Å². The molecular weight excluding hydrogens is 365 g/mol. The van der Waals surface area contributed by atoms with Gasteiger partial charge in [-0.1, -0.05) is 18.9 Å². The molecule has 0 bridgehead atoms. The summed E-state index contributed by atoms with van der Waals surface area (Å²) in [5.74, 6) is -0.414. The SMILES string of the molecule is N#Cc1ccc(F)cc1CNc1cccc(S(=O)(=O)N2CCCCCC2)c1. The molecule has 3 rings (SSSR count). The number of benzene rings is 2. The van der Waals surface area contributed by atoms with Gasteiger partial charge in [0.15, 0.2) is 0 Å². The predicted octanol–water partition coefficient (Wildman–Crippen LogP) is 3.87. The van der Waals surface area contributed by atoms with Gasteiger partial charge in [-0.3, -0.25) is 0 Å². The molecule has 2 aromatic carbocycles. The molecule has 0 saturated carbocycles. The minimum absolute atomic E-state index is 0.230. The standard InChI is InChI=1S/C20H22FN3O2S/c21-18-9-8-16(14-22)17(12-18)15-23-19-6-5-7-20(13-19)27(25,26)24-10-3-1-2-4-11-24/h5-9,12-13,23H,1-4,10-11,15H2. The molecule has 1 aliphatic rings. The summed E-state index contributed by atoms with van der Waals surface area (Å²) < 4.78 is 40.8. The molecule has 27 heavy (non-hydrogen) atoms. The third-order valence-electron chi connectivity index (χ3n) is 4.71. The smallest absolute Gasteiger partial charge is 0.243 e. The van der Waals surface area contributed by atoms with Crippen LogP contribution in [-0.2, 0) is 16.6 Å². The van der Waals surface area contributed by atoms with Gasteiger partial charge >= 0.3 is 0 Å². The van der Waals surface area contributed by atoms with Crippen LogP contribution in [0.5, 0.6) is 0 Å². The van der Waals surface area contributed by atoms with Gasteiger partial charge in [0, 0.05) is 25.3 Å². The fourth-order valence-electron chi connectivity index (χ4n) is 3.21. The van der Waals surface area contributed by atoms with E-state index in [1.54, 1.807) is 28.6 Å². The Morgan fingerprint density at radius 2 is 1.81 bits per heavy atom. The molecular formula is C20H22FN3O2S. The molecule has 1 fully saturated rings. The molecule has 7 heteroatoms. The highest BCUT2D eigenvalue weighted by molar-refractivity contribution is 7.89. The van der Waals surface area contributed by atoms with Gasteiger partial charge in [0.1, 0.15) is 5.82 Å². The van der Waals surface area contributed by atoms with Crippen LogP contribution >= 0.6 is 0 Å². The van der Waals surface area contributed by atoms with E-state index in [2.05, 4.69) is 5.32 Å². The number of anilines is 1. The van der Waals surface area contributed by atoms with E-state index in [1.807, 2.05) is 6.07 Å². The largest absolute Gasteiger partial charge is 0.381 e. The summed E-state index contributed by atoms with van der Waals surface area (Å²) in [7, 11) is -3.53. The molecule has 0 amide bonds. The lowest BCUT2D eigenvalue weighted by Crippen LogP contribution is -2.31. The normalized spacial score (nSPS) is 15.7. The molecule has 0 unspecified atom stereocenters. The lowest BCUT2D eigenvalue weighted by Gasteiger charge is -2.20. The van der Waals surface area contributed by atoms with Crippen molar-refractivity contribution in [2.24, 2.45) is 0 Å². The van der Waals surface area contributed by atoms with Crippen molar-refractivity contribution in [2.75, 3.05) is 18.4 Å². The maximum atomic E-state index is 13.4. The van der Waals surface area contributed by atoms with Crippen molar-refractivity contribution in [3.05, 3.63) is 59.4 Å². The van der Waals surface area contributed by atoms with Crippen molar-refractivity contribution in [3.63, 3.8) is 0 Å². The highest BCUT2D eigenvalue weighted by Gasteiger charge is 2.25. The van der Waals surface area contributed by atoms with Crippen LogP contribution in [0.4, 0.5) is 10.1 Å². The Morgan fingerprint density at radius 3 is 2.52 bits per heavy atom. The van der Waals surface area contributed by atoms with E-state index >= 15 is 0 Å². The number of nitriles is 1. The number of halogens is 1. The molecule has 2 aromatic rings. The maximum absolute atomic E-state index is 13.4. The number of rotatable bonds is 5. The van der Waals surface area contributed by atoms with Gasteiger partial charge in [-0.2, -0.15) is 9.57 Å². The highest BCUT2D eigenvalue weighted by Crippen LogP contribution is 2.23. The Kier molecular flexibility index (Phi) is 6.09. The van der Waals surface area contributed by atoms with Crippen LogP contribution < -0.4 is 5.32 Å². The van der Waals surface area contributed by atoms with Crippen LogP contribution in [0.25, 0.3) is 0 Å². The molecule has 5 nitrogen and oxygen atoms in total. The van der Waals surface area contributed by atoms with Gasteiger partial charge in [0.25, 0.3) is 0 Å². The number of hydrogen-bond acceptors (Lipinski definition) is 4. The highest BCUT2D eigenvalue weighted by atomic mass is 32.2. The van der Waals surface area contributed by atoms with Crippen LogP contribution in [0.3, 0.4) is 0 Å². The average molecular weight is 387 g/mol. The predicted molar refractivity (Wildman–Crippen MR) is 102 cm³/mol. The lowest BCUT2D eigenvalue weighted by atomic mass is 10.1. The van der Waals surface area contributed by atoms with E-state index in [9.17, 15) is 12.8 Å². The monoisotopic (exact) mass is 387 g/mol. The first-order valence-electron chi connectivity index (χ1n) is 9.03. The number of hydrogen-bond donors (Lipinski definition) is 1. The van der Waals surface area contributed by atoms with Crippen molar-refractivity contribution in [3.8, 4) is 6.07 Å². The van der Waals surface area contributed by atoms with Crippen LogP contribution in [0.15, 0.2) is 47.4 Å². The van der Waals surface area contributed by atoms with Crippen LogP contribution in [0, 0.1) is 17.1 Å². The Morgan fingerprint density at radius 1 is 1.07 bits per heavy atom. The summed E-state index contributed by atoms with van der Waals surface area (Å²) >= 11 is 0. The summed E-state index contributed by atoms with van der Waals surface area (Å²) in [6, 6.07) is 12.6. The van der Waals surface area contributed by atoms with E-state index in [-0.39, 0.29) is 11.4 Å². The van der Waals surface area contributed by atoms with Gasteiger partial charge < -0.3 is 5.32 Å². The fraction of sp³-hybridized carbons (Fsp3) is 0.350. The summed E-state index contributed by atoms with van der Waals surface area (Å²) in [5, 5.41) is 12.2. The summed E-state index contributed by atoms with van der Waals surface area (Å²) in [4.78, 5) is 0.245. The molecule has 0 aromatic heterocycles. The van der Waals surface area contributed by atoms with Crippen LogP contribution in [0.1, 0.15) is 36.8 Å². The van der Waals surface area contributed by atoms with Crippen molar-refractivity contribution in [1.29, 1.82) is 5.26 Å². The van der Waals surface area contributed by atoms with E-state index in [4.69, 9.17) is 5.26 Å². The van der Waals surface area contributed by atoms with Gasteiger partial charge in [0.05, 0.1) is 16.5 Å². The van der Waals surface area contributed by atoms with Gasteiger partial charge in [0.2, 0.25) is 10.0 Å². The van der Waals surface area contributed by atoms with Crippen LogP contribution in [-0.4, -0.2) is 25.8 Å². The Labute approximate surface area is 159 Å². The van der Waals surface area contributed by atoms with Crippen molar-refractivity contribution in [2.45, 2.75) is 37.1 Å². The second-order valence-electron chi connectivity index (χ2n) is 6.61. The third kappa shape index (κ3) is 4.65. The van der Waals surface area contributed by atoms with Crippen molar-refractivity contribution >= 4 is 15.7 Å². The Hall–Kier alpha value is -2.43. The number of nitrogens with one attached hydrogen (secondary N) is 1. The number of sulfonamides is 1. The van der Waals surface area contributed by atoms with Crippen LogP contribution in [0.2, 0.25) is 0 Å². The van der Waals surface area contributed by atoms with E-state index in [0.29, 0.717) is 29.9 Å². The van der Waals surface area contributed by atoms with Crippen molar-refractivity contribution < 1.29 is 12.8 Å². The minimum atomic E-state index is -3.53. The molecule has 0 radical (unpaired) electrons. The minimum Gasteiger partial charge on any atom is -0.381 e. The van der Waals surface area contributed by atoms with Gasteiger partial charge in [-0.25, -0.2) is 12.8 Å². The van der Waals surface area contributed by atoms with Gasteiger partial charge in [-0.05, 0) is 54.8 Å². The average Bonchev–Trinajstić information content (AvgIpc) is 2.97. The topological polar surface area (TPSA) is 73.2 Å². The van der Waals surface area contributed by atoms with E-state index in [0.717, 1.165) is 25.7 Å². The molecule has 0 spiro atoms. The third-order valence-corrected chi connectivity index (χ3v) is 6.60. The second kappa shape index (κ2) is 8.51. The molecule has 1 N–H and O–H groups in total. The first-order chi connectivity index (χ1) is 13.0. The summed E-state index contributed by atoms with van der Waals surface area (Å²) in [6.07, 6.45) is 3.88. The van der Waals surface area contributed by atoms with E-state index in [1.165, 1.54) is 18.2 Å². The number of nitrogens with zero attached hydrogens (tertiary/aromatic N) is 2. The van der Waals surface area contributed by atoms with E-state index < -0.39 is 15.8 Å². The Balaban J connectivity index is 1.78. The molecule has 0 atom stereocenters. The second-order valence-corrected chi connectivity index (χ2v) is 8.55. The first-order valence-corrected chi connectivity index (χ1v) is 10.5. The molecule has 142 valence electrons. The zero-order valence-corrected chi connectivity index (χ0v) is 15.8. The fourth-order valence-corrected chi connectivity index (χ4v) is 4.78. The lowest BCUT2D eigenvalue weighted by molar-refractivity contribution is 0.424.